The van der Waals surface area contributed by atoms with Crippen LogP contribution in [0.4, 0.5) is 8.78 Å². The number of esters is 2. The Morgan fingerprint density at radius 3 is 1.83 bits per heavy atom. The number of carboxylic acid groups (broad SMARTS) is 1. The number of aliphatic carboxylic acids is 1. The number of hydrogen-bond acceptors (Lipinski definition) is 8. The van der Waals surface area contributed by atoms with E-state index in [1.54, 1.807) is 0 Å². The number of rotatable bonds is 3. The zero-order valence-electron chi connectivity index (χ0n) is 7.62. The van der Waals surface area contributed by atoms with Crippen LogP contribution < -0.4 is 0 Å². The van der Waals surface area contributed by atoms with E-state index in [1.165, 1.54) is 0 Å². The zero-order chi connectivity index (χ0) is 13.8. The Morgan fingerprint density at radius 2 is 1.50 bits per heavy atom. The van der Waals surface area contributed by atoms with Crippen LogP contribution in [0.5, 0.6) is 0 Å². The fourth-order valence-electron chi connectivity index (χ4n) is 0.421. The van der Waals surface area contributed by atoms with Crippen molar-refractivity contribution in [2.75, 3.05) is 0 Å². The van der Waals surface area contributed by atoms with E-state index in [0.717, 1.165) is 0 Å². The molecule has 0 aromatic carbocycles. The second-order valence-electron chi connectivity index (χ2n) is 2.29. The normalized spacial score (nSPS) is 9.78. The monoisotopic (exact) mass is 264 g/mol. The topological polar surface area (TPSA) is 147 Å². The van der Waals surface area contributed by atoms with Crippen LogP contribution in [0.3, 0.4) is 0 Å². The molecular weight excluding hydrogens is 260 g/mol. The number of alkyl halides is 2. The van der Waals surface area contributed by atoms with Crippen LogP contribution in [0.25, 0.3) is 0 Å². The van der Waals surface area contributed by atoms with Gasteiger partial charge in [-0.2, -0.15) is 8.78 Å². The Labute approximate surface area is 109 Å². The van der Waals surface area contributed by atoms with E-state index >= 15 is 0 Å². The predicted molar refractivity (Wildman–Crippen MR) is 47.1 cm³/mol. The summed E-state index contributed by atoms with van der Waals surface area (Å²) in [6.07, 6.45) is 0. The minimum atomic E-state index is -5.03. The molecule has 0 rings (SSSR count). The van der Waals surface area contributed by atoms with Gasteiger partial charge in [0.2, 0.25) is 0 Å². The Bertz CT molecular complexity index is 370. The third-order valence-corrected chi connectivity index (χ3v) is 1.09. The molecule has 0 aliphatic heterocycles. The first kappa shape index (κ1) is 18.9. The van der Waals surface area contributed by atoms with Crippen molar-refractivity contribution in [1.29, 1.82) is 0 Å². The van der Waals surface area contributed by atoms with Gasteiger partial charge in [-0.15, -0.1) is 0 Å². The van der Waals surface area contributed by atoms with Crippen LogP contribution in [0.15, 0.2) is 0 Å². The molecule has 0 saturated heterocycles. The fourth-order valence-corrected chi connectivity index (χ4v) is 0.421. The van der Waals surface area contributed by atoms with Crippen molar-refractivity contribution in [3.63, 3.8) is 0 Å². The molecule has 0 aromatic rings. The van der Waals surface area contributed by atoms with Crippen LogP contribution in [0.2, 0.25) is 0 Å². The van der Waals surface area contributed by atoms with Crippen LogP contribution in [-0.4, -0.2) is 71.1 Å². The predicted octanol–water partition coefficient (Wildman–Crippen LogP) is -3.36. The van der Waals surface area contributed by atoms with E-state index in [4.69, 9.17) is 15.2 Å². The molecule has 0 amide bonds. The summed E-state index contributed by atoms with van der Waals surface area (Å²) in [6.45, 7) is 0. The van der Waals surface area contributed by atoms with Gasteiger partial charge in [-0.25, -0.2) is 19.2 Å². The summed E-state index contributed by atoms with van der Waals surface area (Å²) >= 11 is 0. The number of hydrogen-bond donors (Lipinski definition) is 3. The van der Waals surface area contributed by atoms with Crippen LogP contribution >= 0.6 is 0 Å². The molecule has 0 heterocycles. The Balaban J connectivity index is 0. The van der Waals surface area contributed by atoms with Gasteiger partial charge < -0.3 is 24.5 Å². The molecule has 0 atom stereocenters. The number of halogens is 2. The van der Waals surface area contributed by atoms with Crippen molar-refractivity contribution in [3.8, 4) is 0 Å². The molecule has 0 aliphatic rings. The molecule has 0 unspecified atom stereocenters. The Morgan fingerprint density at radius 1 is 1.06 bits per heavy atom. The maximum absolute atomic E-state index is 12.3. The number of carbonyl (C=O) groups is 4. The summed E-state index contributed by atoms with van der Waals surface area (Å²) < 4.78 is 31.2. The standard InChI is InChI=1S/C5H3BF2O9.Li.H/c7-5(8,3(11)12)4(13)16-1(9)2(10)17-6(14)15;;/h14-15H,(H,11,12);;. The molecule has 0 bridgehead atoms. The van der Waals surface area contributed by atoms with Crippen LogP contribution in [0, 0.1) is 0 Å². The summed E-state index contributed by atoms with van der Waals surface area (Å²) in [6, 6.07) is 0. The molecule has 0 aliphatic carbocycles. The number of carbonyl (C=O) groups excluding carboxylic acids is 3. The average molecular weight is 264 g/mol. The molecule has 0 aromatic heterocycles. The van der Waals surface area contributed by atoms with E-state index in [2.05, 4.69) is 9.39 Å². The van der Waals surface area contributed by atoms with Crippen molar-refractivity contribution < 1.29 is 52.5 Å². The van der Waals surface area contributed by atoms with E-state index < -0.39 is 37.1 Å². The third-order valence-electron chi connectivity index (χ3n) is 1.09. The molecule has 3 N–H and O–H groups in total. The molecule has 96 valence electrons. The van der Waals surface area contributed by atoms with Gasteiger partial charge in [0.15, 0.2) is 0 Å². The maximum atomic E-state index is 12.3. The van der Waals surface area contributed by atoms with Gasteiger partial charge in [0.1, 0.15) is 0 Å². The van der Waals surface area contributed by atoms with E-state index in [-0.39, 0.29) is 18.9 Å². The Kier molecular flexibility index (Phi) is 7.41. The molecule has 9 nitrogen and oxygen atoms in total. The van der Waals surface area contributed by atoms with Crippen LogP contribution in [-0.2, 0) is 28.6 Å². The molecule has 18 heavy (non-hydrogen) atoms. The molecular formula is C5H4BF2LiO9. The SMILES string of the molecule is O=C(OB(O)O)C(=O)OC(=O)C(F)(F)C(=O)O.[LiH]. The first-order chi connectivity index (χ1) is 7.59. The van der Waals surface area contributed by atoms with Crippen molar-refractivity contribution >= 4 is 50.1 Å². The van der Waals surface area contributed by atoms with Crippen molar-refractivity contribution in [1.82, 2.24) is 0 Å². The molecule has 0 fully saturated rings. The molecule has 0 radical (unpaired) electrons. The van der Waals surface area contributed by atoms with Gasteiger partial charge >= 0.3 is 56.0 Å². The van der Waals surface area contributed by atoms with Crippen molar-refractivity contribution in [2.45, 2.75) is 5.92 Å². The van der Waals surface area contributed by atoms with Gasteiger partial charge in [-0.1, -0.05) is 0 Å². The second-order valence-corrected chi connectivity index (χ2v) is 2.29. The number of ether oxygens (including phenoxy) is 1. The first-order valence-electron chi connectivity index (χ1n) is 3.53. The van der Waals surface area contributed by atoms with Gasteiger partial charge in [0.05, 0.1) is 0 Å². The van der Waals surface area contributed by atoms with Gasteiger partial charge in [0, 0.05) is 0 Å². The van der Waals surface area contributed by atoms with Gasteiger partial charge in [-0.3, -0.25) is 0 Å². The third kappa shape index (κ3) is 5.23. The minimum absolute atomic E-state index is 0. The summed E-state index contributed by atoms with van der Waals surface area (Å²) in [5.41, 5.74) is 0. The second kappa shape index (κ2) is 7.07. The average Bonchev–Trinajstić information content (AvgIpc) is 2.15. The number of carboxylic acids is 1. The molecule has 0 spiro atoms. The molecule has 0 saturated carbocycles. The summed E-state index contributed by atoms with van der Waals surface area (Å²) in [7, 11) is -2.73. The van der Waals surface area contributed by atoms with Crippen molar-refractivity contribution in [2.24, 2.45) is 0 Å². The summed E-state index contributed by atoms with van der Waals surface area (Å²) in [5.74, 6) is -15.3. The van der Waals surface area contributed by atoms with E-state index in [0.29, 0.717) is 0 Å². The van der Waals surface area contributed by atoms with Crippen LogP contribution in [0.1, 0.15) is 0 Å². The summed E-state index contributed by atoms with van der Waals surface area (Å²) in [5, 5.41) is 23.9. The van der Waals surface area contributed by atoms with Gasteiger partial charge in [0.25, 0.3) is 0 Å². The molecule has 13 heteroatoms. The quantitative estimate of drug-likeness (QED) is 0.205. The first-order valence-corrected chi connectivity index (χ1v) is 3.53. The van der Waals surface area contributed by atoms with E-state index in [1.807, 2.05) is 0 Å². The van der Waals surface area contributed by atoms with Gasteiger partial charge in [-0.05, 0) is 0 Å². The van der Waals surface area contributed by atoms with Crippen molar-refractivity contribution in [3.05, 3.63) is 0 Å². The zero-order valence-corrected chi connectivity index (χ0v) is 7.62. The fraction of sp³-hybridized carbons (Fsp3) is 0.200. The van der Waals surface area contributed by atoms with E-state index in [9.17, 15) is 28.0 Å². The summed E-state index contributed by atoms with van der Waals surface area (Å²) in [4.78, 5) is 41.2. The Hall–Kier alpha value is -1.48.